The van der Waals surface area contributed by atoms with E-state index in [1.54, 1.807) is 0 Å². The van der Waals surface area contributed by atoms with Gasteiger partial charge in [0, 0.05) is 24.9 Å². The second kappa shape index (κ2) is 17.2. The van der Waals surface area contributed by atoms with E-state index >= 15 is 0 Å². The summed E-state index contributed by atoms with van der Waals surface area (Å²) in [6, 6.07) is 3.97. The van der Waals surface area contributed by atoms with Crippen LogP contribution in [-0.4, -0.2) is 163 Å². The van der Waals surface area contributed by atoms with Crippen molar-refractivity contribution < 1.29 is 90.9 Å². The summed E-state index contributed by atoms with van der Waals surface area (Å²) in [6.45, 7) is -1.95. The van der Waals surface area contributed by atoms with Gasteiger partial charge in [0.1, 0.15) is 48.5 Å². The molecule has 47 heavy (non-hydrogen) atoms. The van der Waals surface area contributed by atoms with Gasteiger partial charge in [0.15, 0.2) is 34.5 Å². The fourth-order valence-electron chi connectivity index (χ4n) is 4.35. The van der Waals surface area contributed by atoms with E-state index in [2.05, 4.69) is 5.32 Å². The molecule has 0 spiro atoms. The molecule has 9 atom stereocenters. The number of amides is 1. The molecule has 19 heteroatoms. The van der Waals surface area contributed by atoms with E-state index in [9.17, 15) is 65.8 Å². The van der Waals surface area contributed by atoms with Crippen molar-refractivity contribution in [3.8, 4) is 34.5 Å². The second-order valence-electron chi connectivity index (χ2n) is 10.6. The van der Waals surface area contributed by atoms with Gasteiger partial charge in [-0.25, -0.2) is 0 Å². The van der Waals surface area contributed by atoms with Crippen LogP contribution in [0.4, 0.5) is 0 Å². The molecule has 0 radical (unpaired) electrons. The summed E-state index contributed by atoms with van der Waals surface area (Å²) in [5.41, 5.74) is 0.00724. The molecular formula is C28H39NO18. The number of benzene rings is 2. The Bertz CT molecular complexity index is 1310. The molecule has 0 aromatic heterocycles. The maximum Gasteiger partial charge on any atom is 0.251 e. The lowest BCUT2D eigenvalue weighted by Gasteiger charge is -2.39. The van der Waals surface area contributed by atoms with E-state index in [4.69, 9.17) is 25.2 Å². The number of rotatable bonds is 12. The predicted molar refractivity (Wildman–Crippen MR) is 153 cm³/mol. The number of hydrogen-bond donors (Lipinski definition) is 16. The number of ketones is 1. The highest BCUT2D eigenvalue weighted by Gasteiger charge is 2.43. The van der Waals surface area contributed by atoms with E-state index in [1.165, 1.54) is 0 Å². The molecule has 0 aliphatic carbocycles. The minimum atomic E-state index is -1.83. The lowest BCUT2D eigenvalue weighted by atomic mass is 9.91. The number of nitrogens with one attached hydrogen (secondary N) is 1. The highest BCUT2D eigenvalue weighted by molar-refractivity contribution is 5.95. The largest absolute Gasteiger partial charge is 0.504 e. The quantitative estimate of drug-likeness (QED) is 0.0936. The number of hydrogen-bond acceptors (Lipinski definition) is 18. The van der Waals surface area contributed by atoms with Crippen LogP contribution >= 0.6 is 0 Å². The Morgan fingerprint density at radius 2 is 1.17 bits per heavy atom. The maximum absolute atomic E-state index is 12.1. The number of aromatic hydroxyl groups is 6. The molecule has 4 unspecified atom stereocenters. The van der Waals surface area contributed by atoms with Gasteiger partial charge in [-0.15, -0.1) is 0 Å². The fourth-order valence-corrected chi connectivity index (χ4v) is 4.35. The van der Waals surface area contributed by atoms with Crippen LogP contribution in [0.2, 0.25) is 0 Å². The van der Waals surface area contributed by atoms with E-state index in [0.29, 0.717) is 0 Å². The maximum atomic E-state index is 12.1. The number of aliphatic hydroxyl groups is 9. The second-order valence-corrected chi connectivity index (χ2v) is 10.6. The van der Waals surface area contributed by atoms with Crippen molar-refractivity contribution in [2.75, 3.05) is 19.8 Å². The Hall–Kier alpha value is -4.02. The smallest absolute Gasteiger partial charge is 0.251 e. The number of phenolic OH excluding ortho intramolecular Hbond substituents is 6. The van der Waals surface area contributed by atoms with Crippen molar-refractivity contribution in [2.24, 2.45) is 0 Å². The summed E-state index contributed by atoms with van der Waals surface area (Å²) in [5, 5.41) is 143. The summed E-state index contributed by atoms with van der Waals surface area (Å²) < 4.78 is 5.24. The predicted octanol–water partition coefficient (Wildman–Crippen LogP) is -4.88. The van der Waals surface area contributed by atoms with Gasteiger partial charge in [0.05, 0.1) is 25.4 Å². The Morgan fingerprint density at radius 1 is 0.702 bits per heavy atom. The molecule has 264 valence electrons. The Kier molecular flexibility index (Phi) is 14.3. The number of ether oxygens (including phenoxy) is 1. The van der Waals surface area contributed by atoms with Crippen molar-refractivity contribution >= 4 is 11.7 Å². The Labute approximate surface area is 265 Å². The Balaban J connectivity index is 0.000000327. The number of carbonyl (C=O) groups excluding carboxylic acids is 2. The third-order valence-corrected chi connectivity index (χ3v) is 7.08. The van der Waals surface area contributed by atoms with E-state index in [0.717, 1.165) is 24.3 Å². The van der Waals surface area contributed by atoms with Crippen LogP contribution in [-0.2, 0) is 16.0 Å². The SMILES string of the molecule is O=C(Cc1cc(O)c(O)c(O)c1)C[C@@H]1OC(CO)[C@@H](O)[C@H](O)C1O.O=C(NCC(O)[C@@H](O)[C@H](O)C(O)CO)c1cc(O)c(O)c(O)c1. The van der Waals surface area contributed by atoms with Gasteiger partial charge < -0.3 is 86.7 Å². The minimum absolute atomic E-state index is 0.226. The first-order valence-electron chi connectivity index (χ1n) is 13.9. The molecule has 0 bridgehead atoms. The molecule has 19 nitrogen and oxygen atoms in total. The molecule has 1 aliphatic rings. The summed E-state index contributed by atoms with van der Waals surface area (Å²) >= 11 is 0. The third-order valence-electron chi connectivity index (χ3n) is 7.08. The van der Waals surface area contributed by atoms with Gasteiger partial charge in [-0.05, 0) is 29.8 Å². The molecular weight excluding hydrogens is 638 g/mol. The third kappa shape index (κ3) is 10.2. The van der Waals surface area contributed by atoms with Gasteiger partial charge >= 0.3 is 0 Å². The molecule has 1 aliphatic heterocycles. The van der Waals surface area contributed by atoms with Crippen molar-refractivity contribution in [2.45, 2.75) is 67.8 Å². The van der Waals surface area contributed by atoms with Crippen LogP contribution in [0, 0.1) is 0 Å². The van der Waals surface area contributed by atoms with Crippen LogP contribution in [0.1, 0.15) is 22.3 Å². The zero-order chi connectivity index (χ0) is 35.7. The number of Topliss-reactive ketones (excluding diaryl/α,β-unsaturated/α-hetero) is 1. The van der Waals surface area contributed by atoms with Crippen LogP contribution in [0.5, 0.6) is 34.5 Å². The molecule has 0 saturated carbocycles. The van der Waals surface area contributed by atoms with Gasteiger partial charge in [-0.2, -0.15) is 0 Å². The van der Waals surface area contributed by atoms with Gasteiger partial charge in [-0.3, -0.25) is 9.59 Å². The summed E-state index contributed by atoms with van der Waals surface area (Å²) in [4.78, 5) is 23.9. The van der Waals surface area contributed by atoms with Crippen molar-refractivity contribution in [3.05, 3.63) is 35.4 Å². The Morgan fingerprint density at radius 3 is 1.66 bits per heavy atom. The summed E-state index contributed by atoms with van der Waals surface area (Å²) in [6.07, 6.45) is -14.3. The first-order valence-corrected chi connectivity index (χ1v) is 13.9. The lowest BCUT2D eigenvalue weighted by Crippen LogP contribution is -2.58. The van der Waals surface area contributed by atoms with Crippen LogP contribution < -0.4 is 5.32 Å². The van der Waals surface area contributed by atoms with Crippen molar-refractivity contribution in [3.63, 3.8) is 0 Å². The zero-order valence-electron chi connectivity index (χ0n) is 24.5. The molecule has 1 amide bonds. The fraction of sp³-hybridized carbons (Fsp3) is 0.500. The van der Waals surface area contributed by atoms with Crippen molar-refractivity contribution in [1.82, 2.24) is 5.32 Å². The number of phenols is 6. The molecule has 1 saturated heterocycles. The number of aliphatic hydroxyl groups excluding tert-OH is 9. The standard InChI is InChI=1S/C15H20O9.C13H19NO9/c16-5-11-14(22)15(23)13(21)10(24-11)4-7(17)1-6-2-8(18)12(20)9(19)3-6;15-4-9(19)12(22)11(21)8(18)3-14-13(23)5-1-6(16)10(20)7(17)2-5/h2-3,10-11,13-16,18-23H,1,4-5H2;1-2,8-9,11-12,15-22H,3-4H2,(H,14,23)/t10-,11?,13?,14+,15+;8?,9?,11-,12-/m01/s1. The average Bonchev–Trinajstić information content (AvgIpc) is 3.03. The lowest BCUT2D eigenvalue weighted by molar-refractivity contribution is -0.229. The highest BCUT2D eigenvalue weighted by Crippen LogP contribution is 2.36. The first-order chi connectivity index (χ1) is 21.9. The monoisotopic (exact) mass is 677 g/mol. The molecule has 2 aromatic carbocycles. The minimum Gasteiger partial charge on any atom is -0.504 e. The first kappa shape index (κ1) is 39.2. The summed E-state index contributed by atoms with van der Waals surface area (Å²) in [7, 11) is 0. The number of carbonyl (C=O) groups is 2. The van der Waals surface area contributed by atoms with E-state index < -0.39 is 121 Å². The molecule has 2 aromatic rings. The topological polar surface area (TPSA) is 359 Å². The van der Waals surface area contributed by atoms with Crippen molar-refractivity contribution in [1.29, 1.82) is 0 Å². The van der Waals surface area contributed by atoms with Gasteiger partial charge in [0.2, 0.25) is 0 Å². The highest BCUT2D eigenvalue weighted by atomic mass is 16.5. The van der Waals surface area contributed by atoms with E-state index in [-0.39, 0.29) is 24.0 Å². The molecule has 1 heterocycles. The zero-order valence-corrected chi connectivity index (χ0v) is 24.5. The average molecular weight is 678 g/mol. The van der Waals surface area contributed by atoms with E-state index in [1.807, 2.05) is 0 Å². The molecule has 16 N–H and O–H groups in total. The normalized spacial score (nSPS) is 23.5. The molecule has 1 fully saturated rings. The summed E-state index contributed by atoms with van der Waals surface area (Å²) in [5.74, 6) is -5.38. The van der Waals surface area contributed by atoms with Crippen LogP contribution in [0.3, 0.4) is 0 Å². The van der Waals surface area contributed by atoms with Crippen LogP contribution in [0.25, 0.3) is 0 Å². The molecule has 3 rings (SSSR count). The van der Waals surface area contributed by atoms with Gasteiger partial charge in [0.25, 0.3) is 5.91 Å². The van der Waals surface area contributed by atoms with Crippen LogP contribution in [0.15, 0.2) is 24.3 Å². The van der Waals surface area contributed by atoms with Gasteiger partial charge in [-0.1, -0.05) is 0 Å².